The summed E-state index contributed by atoms with van der Waals surface area (Å²) in [5.74, 6) is 1.72. The Kier molecular flexibility index (Phi) is 10.0. The second-order valence-corrected chi connectivity index (χ2v) is 6.47. The predicted octanol–water partition coefficient (Wildman–Crippen LogP) is 4.55. The van der Waals surface area contributed by atoms with Crippen molar-refractivity contribution in [2.24, 2.45) is 4.99 Å². The molecule has 2 N–H and O–H groups in total. The number of rotatable bonds is 8. The Morgan fingerprint density at radius 3 is 2.61 bits per heavy atom. The number of hydrogen-bond donors (Lipinski definition) is 2. The first kappa shape index (κ1) is 24.4. The molecule has 3 aromatic rings. The molecule has 1 aromatic heterocycles. The summed E-state index contributed by atoms with van der Waals surface area (Å²) in [6.45, 7) is 1.12. The summed E-state index contributed by atoms with van der Waals surface area (Å²) in [6, 6.07) is 16.2. The Morgan fingerprint density at radius 2 is 1.90 bits per heavy atom. The Hall–Kier alpha value is -2.88. The summed E-state index contributed by atoms with van der Waals surface area (Å²) in [5.41, 5.74) is 1.90. The van der Waals surface area contributed by atoms with E-state index in [0.29, 0.717) is 24.8 Å². The molecule has 0 atom stereocenters. The predicted molar refractivity (Wildman–Crippen MR) is 131 cm³/mol. The van der Waals surface area contributed by atoms with Crippen molar-refractivity contribution in [2.45, 2.75) is 13.0 Å². The Bertz CT molecular complexity index is 986. The number of guanidine groups is 1. The van der Waals surface area contributed by atoms with Crippen LogP contribution in [0.1, 0.15) is 11.1 Å². The summed E-state index contributed by atoms with van der Waals surface area (Å²) >= 11 is 0. The minimum atomic E-state index is -0.433. The topological polar surface area (TPSA) is 67.8 Å². The maximum atomic E-state index is 14.4. The summed E-state index contributed by atoms with van der Waals surface area (Å²) < 4.78 is 25.3. The highest BCUT2D eigenvalue weighted by molar-refractivity contribution is 14.0. The molecular weight excluding hydrogens is 510 g/mol. The quantitative estimate of drug-likeness (QED) is 0.251. The minimum absolute atomic E-state index is 0. The van der Waals surface area contributed by atoms with Crippen molar-refractivity contribution in [2.75, 3.05) is 20.7 Å². The van der Waals surface area contributed by atoms with Crippen LogP contribution in [0.2, 0.25) is 0 Å². The normalized spacial score (nSPS) is 10.7. The number of aromatic nitrogens is 1. The molecule has 0 radical (unpaired) electrons. The number of nitrogens with one attached hydrogen (secondary N) is 2. The van der Waals surface area contributed by atoms with E-state index >= 15 is 0 Å². The van der Waals surface area contributed by atoms with Crippen LogP contribution < -0.4 is 20.1 Å². The van der Waals surface area contributed by atoms with Gasteiger partial charge in [-0.05, 0) is 47.9 Å². The molecule has 0 saturated carbocycles. The van der Waals surface area contributed by atoms with Gasteiger partial charge in [-0.1, -0.05) is 24.3 Å². The van der Waals surface area contributed by atoms with Crippen molar-refractivity contribution >= 4 is 29.9 Å². The third-order valence-corrected chi connectivity index (χ3v) is 4.42. The number of benzene rings is 2. The van der Waals surface area contributed by atoms with Crippen LogP contribution in [0.15, 0.2) is 72.0 Å². The molecule has 0 fully saturated rings. The van der Waals surface area contributed by atoms with Crippen LogP contribution in [0.5, 0.6) is 17.2 Å². The average Bonchev–Trinajstić information content (AvgIpc) is 2.78. The van der Waals surface area contributed by atoms with Crippen LogP contribution in [0, 0.1) is 5.82 Å². The highest BCUT2D eigenvalue weighted by Gasteiger charge is 2.07. The SMILES string of the molecule is CN=C(NCCc1ccccc1OC)NCc1ccc(Oc2cccnc2)c(F)c1.I. The van der Waals surface area contributed by atoms with Crippen molar-refractivity contribution in [1.82, 2.24) is 15.6 Å². The summed E-state index contributed by atoms with van der Waals surface area (Å²) in [5, 5.41) is 6.44. The Balaban J connectivity index is 0.00000341. The monoisotopic (exact) mass is 536 g/mol. The number of nitrogens with zero attached hydrogens (tertiary/aromatic N) is 2. The second-order valence-electron chi connectivity index (χ2n) is 6.47. The van der Waals surface area contributed by atoms with Gasteiger partial charge in [0.2, 0.25) is 0 Å². The lowest BCUT2D eigenvalue weighted by Gasteiger charge is -2.14. The van der Waals surface area contributed by atoms with E-state index in [-0.39, 0.29) is 29.7 Å². The van der Waals surface area contributed by atoms with E-state index in [9.17, 15) is 4.39 Å². The van der Waals surface area contributed by atoms with Crippen LogP contribution in [0.25, 0.3) is 0 Å². The van der Waals surface area contributed by atoms with Crippen LogP contribution in [0.4, 0.5) is 4.39 Å². The Labute approximate surface area is 198 Å². The molecule has 2 aromatic carbocycles. The first-order chi connectivity index (χ1) is 14.7. The molecule has 0 aliphatic carbocycles. The lowest BCUT2D eigenvalue weighted by molar-refractivity contribution is 0.409. The molecule has 0 unspecified atom stereocenters. The molecular formula is C23H26FIN4O2. The lowest BCUT2D eigenvalue weighted by Crippen LogP contribution is -2.37. The summed E-state index contributed by atoms with van der Waals surface area (Å²) in [7, 11) is 3.36. The number of halogens is 2. The van der Waals surface area contributed by atoms with Gasteiger partial charge in [-0.2, -0.15) is 0 Å². The van der Waals surface area contributed by atoms with Gasteiger partial charge in [-0.25, -0.2) is 4.39 Å². The van der Waals surface area contributed by atoms with Gasteiger partial charge in [0.15, 0.2) is 17.5 Å². The summed E-state index contributed by atoms with van der Waals surface area (Å²) in [4.78, 5) is 8.17. The molecule has 0 aliphatic heterocycles. The molecule has 0 amide bonds. The van der Waals surface area contributed by atoms with Gasteiger partial charge in [-0.3, -0.25) is 9.98 Å². The molecule has 8 heteroatoms. The smallest absolute Gasteiger partial charge is 0.191 e. The van der Waals surface area contributed by atoms with Gasteiger partial charge in [-0.15, -0.1) is 24.0 Å². The maximum absolute atomic E-state index is 14.4. The first-order valence-corrected chi connectivity index (χ1v) is 9.62. The Morgan fingerprint density at radius 1 is 1.06 bits per heavy atom. The maximum Gasteiger partial charge on any atom is 0.191 e. The second kappa shape index (κ2) is 12.7. The van der Waals surface area contributed by atoms with Gasteiger partial charge in [0, 0.05) is 26.3 Å². The fraction of sp³-hybridized carbons (Fsp3) is 0.217. The molecule has 3 rings (SSSR count). The number of ether oxygens (including phenoxy) is 2. The molecule has 0 bridgehead atoms. The largest absolute Gasteiger partial charge is 0.496 e. The van der Waals surface area contributed by atoms with Gasteiger partial charge in [0.1, 0.15) is 11.5 Å². The molecule has 0 aliphatic rings. The van der Waals surface area contributed by atoms with E-state index < -0.39 is 5.82 Å². The fourth-order valence-corrected chi connectivity index (χ4v) is 2.90. The highest BCUT2D eigenvalue weighted by Crippen LogP contribution is 2.24. The van der Waals surface area contributed by atoms with Gasteiger partial charge in [0.25, 0.3) is 0 Å². The molecule has 6 nitrogen and oxygen atoms in total. The number of methoxy groups -OCH3 is 1. The third-order valence-electron chi connectivity index (χ3n) is 4.42. The van der Waals surface area contributed by atoms with Crippen molar-refractivity contribution in [3.8, 4) is 17.2 Å². The first-order valence-electron chi connectivity index (χ1n) is 9.62. The van der Waals surface area contributed by atoms with E-state index in [2.05, 4.69) is 20.6 Å². The zero-order valence-electron chi connectivity index (χ0n) is 17.5. The van der Waals surface area contributed by atoms with Crippen molar-refractivity contribution in [1.29, 1.82) is 0 Å². The molecule has 31 heavy (non-hydrogen) atoms. The lowest BCUT2D eigenvalue weighted by atomic mass is 10.1. The zero-order chi connectivity index (χ0) is 21.2. The van der Waals surface area contributed by atoms with E-state index in [1.54, 1.807) is 38.6 Å². The molecule has 0 saturated heterocycles. The van der Waals surface area contributed by atoms with Crippen molar-refractivity contribution < 1.29 is 13.9 Å². The zero-order valence-corrected chi connectivity index (χ0v) is 19.8. The number of hydrogen-bond acceptors (Lipinski definition) is 4. The van der Waals surface area contributed by atoms with Crippen LogP contribution >= 0.6 is 24.0 Å². The minimum Gasteiger partial charge on any atom is -0.496 e. The average molecular weight is 536 g/mol. The van der Waals surface area contributed by atoms with E-state index in [4.69, 9.17) is 9.47 Å². The molecule has 1 heterocycles. The van der Waals surface area contributed by atoms with Crippen molar-refractivity contribution in [3.63, 3.8) is 0 Å². The molecule has 164 valence electrons. The highest BCUT2D eigenvalue weighted by atomic mass is 127. The van der Waals surface area contributed by atoms with Gasteiger partial charge < -0.3 is 20.1 Å². The number of para-hydroxylation sites is 1. The van der Waals surface area contributed by atoms with Gasteiger partial charge >= 0.3 is 0 Å². The van der Waals surface area contributed by atoms with E-state index in [1.165, 1.54) is 12.3 Å². The van der Waals surface area contributed by atoms with Crippen LogP contribution in [-0.2, 0) is 13.0 Å². The standard InChI is InChI=1S/C23H25FN4O2.HI/c1-25-23(27-13-11-18-6-3-4-8-21(18)29-2)28-15-17-9-10-22(20(24)14-17)30-19-7-5-12-26-16-19;/h3-10,12,14,16H,11,13,15H2,1-2H3,(H2,25,27,28);1H. The number of pyridine rings is 1. The van der Waals surface area contributed by atoms with Crippen LogP contribution in [0.3, 0.4) is 0 Å². The van der Waals surface area contributed by atoms with Gasteiger partial charge in [0.05, 0.1) is 13.3 Å². The number of aliphatic imine (C=N–C) groups is 1. The fourth-order valence-electron chi connectivity index (χ4n) is 2.90. The third kappa shape index (κ3) is 7.39. The van der Waals surface area contributed by atoms with Crippen molar-refractivity contribution in [3.05, 3.63) is 83.9 Å². The molecule has 0 spiro atoms. The summed E-state index contributed by atoms with van der Waals surface area (Å²) in [6.07, 6.45) is 3.96. The van der Waals surface area contributed by atoms with E-state index in [0.717, 1.165) is 23.3 Å². The van der Waals surface area contributed by atoms with Crippen LogP contribution in [-0.4, -0.2) is 31.6 Å². The van der Waals surface area contributed by atoms with E-state index in [1.807, 2.05) is 30.3 Å².